The van der Waals surface area contributed by atoms with E-state index in [0.29, 0.717) is 29.2 Å². The van der Waals surface area contributed by atoms with Gasteiger partial charge in [0.05, 0.1) is 19.1 Å². The number of nitrogens with two attached hydrogens (primary N) is 1. The second-order valence-corrected chi connectivity index (χ2v) is 9.72. The van der Waals surface area contributed by atoms with Gasteiger partial charge < -0.3 is 15.1 Å². The second-order valence-electron chi connectivity index (χ2n) is 8.07. The number of piperazine rings is 1. The molecule has 12 heteroatoms. The summed E-state index contributed by atoms with van der Waals surface area (Å²) in [5, 5.41) is 4.39. The molecule has 2 fully saturated rings. The number of furan rings is 1. The molecule has 2 aliphatic heterocycles. The van der Waals surface area contributed by atoms with Gasteiger partial charge in [-0.25, -0.2) is 0 Å². The molecule has 11 nitrogen and oxygen atoms in total. The van der Waals surface area contributed by atoms with E-state index in [0.717, 1.165) is 51.0 Å². The number of piperidine rings is 1. The Labute approximate surface area is 179 Å². The monoisotopic (exact) mass is 447 g/mol. The van der Waals surface area contributed by atoms with Crippen molar-refractivity contribution in [3.05, 3.63) is 24.5 Å². The van der Waals surface area contributed by atoms with E-state index in [9.17, 15) is 8.42 Å². The van der Waals surface area contributed by atoms with E-state index < -0.39 is 10.1 Å². The Balaban J connectivity index is 1.34. The summed E-state index contributed by atoms with van der Waals surface area (Å²) in [6.45, 7) is 2.56. The SMILES string of the molecule is CS(=O)(=O)OC[C@H]1CCC[C@H]2CN(c3cc(N)n4nc(-c5ccco5)nc4n3)CCN12. The van der Waals surface area contributed by atoms with Crippen LogP contribution in [0.4, 0.5) is 11.6 Å². The number of nitrogens with zero attached hydrogens (tertiary/aromatic N) is 6. The zero-order valence-electron chi connectivity index (χ0n) is 17.2. The Kier molecular flexibility index (Phi) is 5.07. The number of anilines is 2. The molecule has 5 rings (SSSR count). The molecule has 31 heavy (non-hydrogen) atoms. The summed E-state index contributed by atoms with van der Waals surface area (Å²) >= 11 is 0. The van der Waals surface area contributed by atoms with Crippen LogP contribution in [0.5, 0.6) is 0 Å². The first-order chi connectivity index (χ1) is 14.9. The Bertz CT molecular complexity index is 1180. The lowest BCUT2D eigenvalue weighted by Crippen LogP contribution is -2.59. The van der Waals surface area contributed by atoms with Crippen molar-refractivity contribution < 1.29 is 17.0 Å². The lowest BCUT2D eigenvalue weighted by molar-refractivity contribution is 0.0450. The van der Waals surface area contributed by atoms with E-state index >= 15 is 0 Å². The van der Waals surface area contributed by atoms with Crippen molar-refractivity contribution in [2.75, 3.05) is 43.1 Å². The number of fused-ring (bicyclic) bond motifs is 2. The predicted octanol–water partition coefficient (Wildman–Crippen LogP) is 0.986. The fourth-order valence-electron chi connectivity index (χ4n) is 4.50. The summed E-state index contributed by atoms with van der Waals surface area (Å²) in [6, 6.07) is 5.81. The van der Waals surface area contributed by atoms with Crippen molar-refractivity contribution in [3.8, 4) is 11.6 Å². The molecule has 2 saturated heterocycles. The van der Waals surface area contributed by atoms with E-state index in [4.69, 9.17) is 14.3 Å². The van der Waals surface area contributed by atoms with Crippen LogP contribution in [0.1, 0.15) is 19.3 Å². The number of hydrogen-bond donors (Lipinski definition) is 1. The van der Waals surface area contributed by atoms with Crippen LogP contribution in [0.25, 0.3) is 17.4 Å². The topological polar surface area (TPSA) is 132 Å². The summed E-state index contributed by atoms with van der Waals surface area (Å²) in [5.41, 5.74) is 6.24. The maximum Gasteiger partial charge on any atom is 0.264 e. The molecule has 5 heterocycles. The van der Waals surface area contributed by atoms with E-state index in [1.165, 1.54) is 4.52 Å². The third kappa shape index (κ3) is 4.10. The highest BCUT2D eigenvalue weighted by Gasteiger charge is 2.36. The van der Waals surface area contributed by atoms with Crippen LogP contribution in [0, 0.1) is 0 Å². The Morgan fingerprint density at radius 2 is 2.16 bits per heavy atom. The first kappa shape index (κ1) is 20.2. The second kappa shape index (κ2) is 7.77. The number of aromatic nitrogens is 4. The molecule has 166 valence electrons. The highest BCUT2D eigenvalue weighted by atomic mass is 32.2. The fraction of sp³-hybridized carbons (Fsp3) is 0.526. The molecule has 0 unspecified atom stereocenters. The third-order valence-corrected chi connectivity index (χ3v) is 6.50. The smallest absolute Gasteiger partial charge is 0.264 e. The Morgan fingerprint density at radius 3 is 2.94 bits per heavy atom. The molecule has 3 aromatic rings. The number of nitrogen functional groups attached to an aromatic ring is 1. The van der Waals surface area contributed by atoms with Crippen molar-refractivity contribution in [1.82, 2.24) is 24.5 Å². The van der Waals surface area contributed by atoms with Gasteiger partial charge in [0.15, 0.2) is 5.76 Å². The largest absolute Gasteiger partial charge is 0.461 e. The molecule has 2 aliphatic rings. The van der Waals surface area contributed by atoms with Gasteiger partial charge in [0, 0.05) is 37.8 Å². The van der Waals surface area contributed by atoms with Crippen LogP contribution >= 0.6 is 0 Å². The minimum Gasteiger partial charge on any atom is -0.461 e. The lowest BCUT2D eigenvalue weighted by atomic mass is 9.94. The molecule has 0 saturated carbocycles. The zero-order chi connectivity index (χ0) is 21.6. The summed E-state index contributed by atoms with van der Waals surface area (Å²) < 4.78 is 34.8. The van der Waals surface area contributed by atoms with Gasteiger partial charge in [-0.1, -0.05) is 6.42 Å². The summed E-state index contributed by atoms with van der Waals surface area (Å²) in [7, 11) is -3.44. The van der Waals surface area contributed by atoms with E-state index in [1.807, 2.05) is 6.07 Å². The number of hydrogen-bond acceptors (Lipinski definition) is 10. The average Bonchev–Trinajstić information content (AvgIpc) is 3.41. The molecule has 0 spiro atoms. The van der Waals surface area contributed by atoms with Crippen molar-refractivity contribution >= 4 is 27.5 Å². The molecule has 0 aliphatic carbocycles. The van der Waals surface area contributed by atoms with Crippen LogP contribution < -0.4 is 10.6 Å². The molecular weight excluding hydrogens is 422 g/mol. The average molecular weight is 448 g/mol. The molecule has 0 radical (unpaired) electrons. The van der Waals surface area contributed by atoms with Crippen LogP contribution in [0.15, 0.2) is 28.9 Å². The summed E-state index contributed by atoms with van der Waals surface area (Å²) in [6.07, 6.45) is 5.70. The Hall–Kier alpha value is -2.70. The molecule has 2 atom stereocenters. The van der Waals surface area contributed by atoms with Crippen molar-refractivity contribution in [1.29, 1.82) is 0 Å². The maximum absolute atomic E-state index is 11.4. The molecule has 3 aromatic heterocycles. The minimum absolute atomic E-state index is 0.114. The van der Waals surface area contributed by atoms with Crippen LogP contribution in [-0.4, -0.2) is 77.5 Å². The molecule has 0 bridgehead atoms. The van der Waals surface area contributed by atoms with Gasteiger partial charge in [0.1, 0.15) is 11.6 Å². The summed E-state index contributed by atoms with van der Waals surface area (Å²) in [5.74, 6) is 2.64. The third-order valence-electron chi connectivity index (χ3n) is 5.94. The zero-order valence-corrected chi connectivity index (χ0v) is 18.0. The minimum atomic E-state index is -3.44. The van der Waals surface area contributed by atoms with Gasteiger partial charge in [0.25, 0.3) is 15.9 Å². The van der Waals surface area contributed by atoms with Gasteiger partial charge in [-0.2, -0.15) is 22.9 Å². The number of rotatable bonds is 5. The van der Waals surface area contributed by atoms with Gasteiger partial charge in [-0.3, -0.25) is 9.08 Å². The first-order valence-electron chi connectivity index (χ1n) is 10.3. The van der Waals surface area contributed by atoms with E-state index in [2.05, 4.69) is 24.9 Å². The molecular formula is C19H25N7O4S. The van der Waals surface area contributed by atoms with Gasteiger partial charge in [0.2, 0.25) is 5.82 Å². The first-order valence-corrected chi connectivity index (χ1v) is 12.1. The summed E-state index contributed by atoms with van der Waals surface area (Å²) in [4.78, 5) is 13.7. The van der Waals surface area contributed by atoms with Crippen molar-refractivity contribution in [2.45, 2.75) is 31.3 Å². The van der Waals surface area contributed by atoms with E-state index in [-0.39, 0.29) is 12.6 Å². The fourth-order valence-corrected chi connectivity index (χ4v) is 4.91. The van der Waals surface area contributed by atoms with Crippen LogP contribution in [0.2, 0.25) is 0 Å². The predicted molar refractivity (Wildman–Crippen MR) is 114 cm³/mol. The van der Waals surface area contributed by atoms with Gasteiger partial charge in [-0.05, 0) is 25.0 Å². The standard InChI is InChI=1S/C19H25N7O4S/c1-31(27,28)30-12-14-5-2-4-13-11-24(7-8-25(13)14)17-10-16(20)26-19(21-17)22-18(23-26)15-6-3-9-29-15/h3,6,9-10,13-14H,2,4-5,7-8,11-12,20H2,1H3/t13-,14+/m0/s1. The van der Waals surface area contributed by atoms with Gasteiger partial charge >= 0.3 is 0 Å². The lowest BCUT2D eigenvalue weighted by Gasteiger charge is -2.48. The highest BCUT2D eigenvalue weighted by molar-refractivity contribution is 7.85. The van der Waals surface area contributed by atoms with Gasteiger partial charge in [-0.15, -0.1) is 5.10 Å². The molecule has 0 amide bonds. The van der Waals surface area contributed by atoms with Crippen molar-refractivity contribution in [2.24, 2.45) is 0 Å². The van der Waals surface area contributed by atoms with Crippen LogP contribution in [0.3, 0.4) is 0 Å². The van der Waals surface area contributed by atoms with Crippen molar-refractivity contribution in [3.63, 3.8) is 0 Å². The normalized spacial score (nSPS) is 22.7. The molecule has 2 N–H and O–H groups in total. The van der Waals surface area contributed by atoms with E-state index in [1.54, 1.807) is 18.4 Å². The quantitative estimate of drug-likeness (QED) is 0.565. The maximum atomic E-state index is 11.4. The highest BCUT2D eigenvalue weighted by Crippen LogP contribution is 2.29. The van der Waals surface area contributed by atoms with Crippen LogP contribution in [-0.2, 0) is 14.3 Å². The Morgan fingerprint density at radius 1 is 1.29 bits per heavy atom. The molecule has 0 aromatic carbocycles.